The van der Waals surface area contributed by atoms with Gasteiger partial charge in [0, 0.05) is 57.9 Å². The Kier molecular flexibility index (Phi) is 16.7. The third-order valence-electron chi connectivity index (χ3n) is 12.2. The number of phenolic OH excluding ortho intramolecular Hbond substituents is 1. The summed E-state index contributed by atoms with van der Waals surface area (Å²) < 4.78 is 11.4. The van der Waals surface area contributed by atoms with E-state index in [1.54, 1.807) is 35.9 Å². The number of anilines is 1. The van der Waals surface area contributed by atoms with Crippen LogP contribution in [0.3, 0.4) is 0 Å². The molecule has 0 bridgehead atoms. The fourth-order valence-electron chi connectivity index (χ4n) is 8.38. The lowest BCUT2D eigenvalue weighted by molar-refractivity contribution is -0.144. The number of unbranched alkanes of at least 4 members (excludes halogenated alkanes) is 3. The summed E-state index contributed by atoms with van der Waals surface area (Å²) in [6.07, 6.45) is 8.11. The highest BCUT2D eigenvalue weighted by Gasteiger charge is 2.35. The molecule has 2 saturated heterocycles. The van der Waals surface area contributed by atoms with Crippen molar-refractivity contribution in [3.63, 3.8) is 0 Å². The van der Waals surface area contributed by atoms with Crippen LogP contribution in [-0.2, 0) is 31.9 Å². The first-order valence-electron chi connectivity index (χ1n) is 21.2. The largest absolute Gasteiger partial charge is 0.506 e. The Bertz CT molecular complexity index is 1640. The zero-order chi connectivity index (χ0) is 40.9. The van der Waals surface area contributed by atoms with Crippen molar-refractivity contribution in [3.8, 4) is 5.75 Å². The number of para-hydroxylation sites is 1. The van der Waals surface area contributed by atoms with Gasteiger partial charge in [-0.15, -0.1) is 0 Å². The number of likely N-dealkylation sites (N-methyl/N-ethyl adjacent to an activating group) is 1. The quantitative estimate of drug-likeness (QED) is 0.123. The van der Waals surface area contributed by atoms with Gasteiger partial charge in [0.2, 0.25) is 0 Å². The third kappa shape index (κ3) is 12.7. The predicted molar refractivity (Wildman–Crippen MR) is 223 cm³/mol. The van der Waals surface area contributed by atoms with Gasteiger partial charge in [0.05, 0.1) is 18.1 Å². The molecule has 2 aromatic carbocycles. The molecule has 2 N–H and O–H groups in total. The van der Waals surface area contributed by atoms with Crippen LogP contribution in [0.2, 0.25) is 5.02 Å². The number of carbonyl (C=O) groups excluding carboxylic acids is 4. The molecular weight excluding hydrogens is 746 g/mol. The van der Waals surface area contributed by atoms with E-state index in [0.29, 0.717) is 75.0 Å². The molecule has 3 heterocycles. The number of ether oxygens (including phenoxy) is 2. The van der Waals surface area contributed by atoms with Crippen molar-refractivity contribution in [3.05, 3.63) is 58.1 Å². The van der Waals surface area contributed by atoms with Crippen molar-refractivity contribution < 1.29 is 33.8 Å². The van der Waals surface area contributed by atoms with E-state index in [1.807, 2.05) is 29.2 Å². The van der Waals surface area contributed by atoms with Crippen molar-refractivity contribution in [1.29, 1.82) is 0 Å². The van der Waals surface area contributed by atoms with Crippen LogP contribution in [0.1, 0.15) is 94.7 Å². The molecule has 57 heavy (non-hydrogen) atoms. The van der Waals surface area contributed by atoms with E-state index < -0.39 is 12.2 Å². The molecule has 12 nitrogen and oxygen atoms in total. The summed E-state index contributed by atoms with van der Waals surface area (Å²) in [4.78, 5) is 60.6. The molecule has 0 saturated carbocycles. The molecule has 0 radical (unpaired) electrons. The molecule has 4 amide bonds. The van der Waals surface area contributed by atoms with Crippen molar-refractivity contribution in [1.82, 2.24) is 19.6 Å². The van der Waals surface area contributed by atoms with Gasteiger partial charge in [0.1, 0.15) is 5.75 Å². The Hall–Kier alpha value is -4.03. The number of aryl methyl sites for hydroxylation is 1. The molecule has 2 atom stereocenters. The number of fused-ring (bicyclic) bond motifs is 1. The van der Waals surface area contributed by atoms with Gasteiger partial charge in [-0.25, -0.2) is 9.59 Å². The highest BCUT2D eigenvalue weighted by atomic mass is 35.5. The summed E-state index contributed by atoms with van der Waals surface area (Å²) in [6.45, 7) is 11.2. The number of carbonyl (C=O) groups is 4. The molecule has 2 aromatic rings. The van der Waals surface area contributed by atoms with Crippen LogP contribution < -0.4 is 5.32 Å². The number of likely N-dealkylation sites (tertiary alicyclic amines) is 2. The van der Waals surface area contributed by atoms with Crippen molar-refractivity contribution in [2.75, 3.05) is 64.8 Å². The van der Waals surface area contributed by atoms with E-state index in [-0.39, 0.29) is 41.1 Å². The number of benzene rings is 2. The number of halogens is 1. The maximum absolute atomic E-state index is 14.0. The Morgan fingerprint density at radius 1 is 1.02 bits per heavy atom. The molecule has 13 heteroatoms. The van der Waals surface area contributed by atoms with E-state index in [4.69, 9.17) is 21.1 Å². The number of aromatic hydroxyl groups is 1. The lowest BCUT2D eigenvalue weighted by atomic mass is 9.83. The third-order valence-corrected chi connectivity index (χ3v) is 12.5. The molecule has 0 spiro atoms. The Morgan fingerprint density at radius 2 is 1.75 bits per heavy atom. The molecular formula is C44H64ClN5O7. The Morgan fingerprint density at radius 3 is 2.47 bits per heavy atom. The maximum atomic E-state index is 14.0. The van der Waals surface area contributed by atoms with Gasteiger partial charge in [0.15, 0.2) is 6.10 Å². The van der Waals surface area contributed by atoms with Crippen molar-refractivity contribution in [2.45, 2.75) is 110 Å². The number of phenols is 1. The standard InChI is InChI=1S/C44H64ClN5O7/c1-5-6-7-10-27-56-40(51)19-23-48-21-14-34(15-22-48)31(2)13-20-47(4)42(53)39(30-33-28-32(3)41(52)37(45)29-33)57-44(55)49-24-17-36(18-25-49)50-26-16-35-11-8-9-12-38(35)46-43(50)54/h8-9,11-12,28-29,31,34,36,39,52H,5-7,10,13-27,30H2,1-4H3,(H,46,54)/t31?,39-/m1/s1. The fourth-order valence-corrected chi connectivity index (χ4v) is 8.67. The van der Waals surface area contributed by atoms with E-state index in [0.717, 1.165) is 75.8 Å². The van der Waals surface area contributed by atoms with Gasteiger partial charge >= 0.3 is 18.1 Å². The number of urea groups is 1. The van der Waals surface area contributed by atoms with Crippen LogP contribution in [0.25, 0.3) is 0 Å². The van der Waals surface area contributed by atoms with Crippen LogP contribution in [0.5, 0.6) is 5.75 Å². The molecule has 3 aliphatic heterocycles. The topological polar surface area (TPSA) is 132 Å². The average Bonchev–Trinajstić information content (AvgIpc) is 3.38. The predicted octanol–water partition coefficient (Wildman–Crippen LogP) is 7.67. The minimum absolute atomic E-state index is 0.0160. The Labute approximate surface area is 344 Å². The number of nitrogens with one attached hydrogen (secondary N) is 1. The van der Waals surface area contributed by atoms with Crippen LogP contribution in [0, 0.1) is 18.8 Å². The number of esters is 1. The summed E-state index contributed by atoms with van der Waals surface area (Å²) in [5, 5.41) is 13.5. The monoisotopic (exact) mass is 809 g/mol. The average molecular weight is 810 g/mol. The molecule has 5 rings (SSSR count). The van der Waals surface area contributed by atoms with Gasteiger partial charge in [-0.1, -0.05) is 69.0 Å². The summed E-state index contributed by atoms with van der Waals surface area (Å²) >= 11 is 6.31. The number of rotatable bonds is 17. The van der Waals surface area contributed by atoms with Crippen LogP contribution >= 0.6 is 11.6 Å². The summed E-state index contributed by atoms with van der Waals surface area (Å²) in [5.74, 6) is 0.483. The molecule has 3 aliphatic rings. The fraction of sp³-hybridized carbons (Fsp3) is 0.636. The SMILES string of the molecule is CCCCCCOC(=O)CCN1CCC(C(C)CCN(C)C(=O)[C@@H](Cc2cc(C)c(O)c(Cl)c2)OC(=O)N2CCC(N3CCc4ccccc4NC3=O)CC2)CC1. The first kappa shape index (κ1) is 44.1. The maximum Gasteiger partial charge on any atom is 0.410 e. The second-order valence-electron chi connectivity index (χ2n) is 16.3. The van der Waals surface area contributed by atoms with Crippen molar-refractivity contribution >= 4 is 41.3 Å². The zero-order valence-corrected chi connectivity index (χ0v) is 35.2. The summed E-state index contributed by atoms with van der Waals surface area (Å²) in [6, 6.07) is 11.1. The van der Waals surface area contributed by atoms with Gasteiger partial charge < -0.3 is 39.5 Å². The number of hydrogen-bond donors (Lipinski definition) is 2. The first-order chi connectivity index (χ1) is 27.4. The second kappa shape index (κ2) is 21.6. The normalized spacial score (nSPS) is 17.9. The Balaban J connectivity index is 1.11. The lowest BCUT2D eigenvalue weighted by Crippen LogP contribution is -2.51. The van der Waals surface area contributed by atoms with Crippen LogP contribution in [0.4, 0.5) is 15.3 Å². The number of amides is 4. The van der Waals surface area contributed by atoms with Gasteiger partial charge in [0.25, 0.3) is 5.91 Å². The highest BCUT2D eigenvalue weighted by Crippen LogP contribution is 2.31. The van der Waals surface area contributed by atoms with E-state index in [9.17, 15) is 24.3 Å². The minimum atomic E-state index is -1.09. The first-order valence-corrected chi connectivity index (χ1v) is 21.5. The van der Waals surface area contributed by atoms with Crippen LogP contribution in [-0.4, -0.2) is 120 Å². The highest BCUT2D eigenvalue weighted by molar-refractivity contribution is 6.32. The molecule has 0 aliphatic carbocycles. The molecule has 314 valence electrons. The van der Waals surface area contributed by atoms with E-state index in [2.05, 4.69) is 24.1 Å². The summed E-state index contributed by atoms with van der Waals surface area (Å²) in [5.41, 5.74) is 3.20. The smallest absolute Gasteiger partial charge is 0.410 e. The van der Waals surface area contributed by atoms with E-state index >= 15 is 0 Å². The molecule has 2 fully saturated rings. The molecule has 0 aromatic heterocycles. The number of piperidine rings is 2. The zero-order valence-electron chi connectivity index (χ0n) is 34.5. The van der Waals surface area contributed by atoms with E-state index in [1.165, 1.54) is 6.42 Å². The van der Waals surface area contributed by atoms with Gasteiger partial charge in [-0.3, -0.25) is 9.59 Å². The van der Waals surface area contributed by atoms with Crippen molar-refractivity contribution in [2.24, 2.45) is 11.8 Å². The van der Waals surface area contributed by atoms with Gasteiger partial charge in [-0.05, 0) is 106 Å². The molecule has 1 unspecified atom stereocenters. The summed E-state index contributed by atoms with van der Waals surface area (Å²) in [7, 11) is 1.76. The number of nitrogens with zero attached hydrogens (tertiary/aromatic N) is 4. The van der Waals surface area contributed by atoms with Gasteiger partial charge in [-0.2, -0.15) is 0 Å². The number of hydrogen-bond acceptors (Lipinski definition) is 8. The lowest BCUT2D eigenvalue weighted by Gasteiger charge is -2.38. The minimum Gasteiger partial charge on any atom is -0.506 e. The second-order valence-corrected chi connectivity index (χ2v) is 16.7. The van der Waals surface area contributed by atoms with Crippen LogP contribution in [0.15, 0.2) is 36.4 Å².